The molecule has 0 aliphatic carbocycles. The Balaban J connectivity index is 2.15. The molecule has 0 unspecified atom stereocenters. The SMILES string of the molecule is Cc1ccc(F)cc1COc1ccc(C(N)=S)cc1Cl. The van der Waals surface area contributed by atoms with E-state index in [0.717, 1.165) is 11.1 Å². The Kier molecular flexibility index (Phi) is 4.57. The lowest BCUT2D eigenvalue weighted by molar-refractivity contribution is 0.305. The summed E-state index contributed by atoms with van der Waals surface area (Å²) in [5, 5.41) is 0.421. The van der Waals surface area contributed by atoms with E-state index in [1.54, 1.807) is 24.3 Å². The van der Waals surface area contributed by atoms with Crippen LogP contribution >= 0.6 is 23.8 Å². The van der Waals surface area contributed by atoms with Gasteiger partial charge in [0.25, 0.3) is 0 Å². The molecule has 0 heterocycles. The smallest absolute Gasteiger partial charge is 0.138 e. The summed E-state index contributed by atoms with van der Waals surface area (Å²) < 4.78 is 18.8. The summed E-state index contributed by atoms with van der Waals surface area (Å²) in [5.41, 5.74) is 7.94. The molecule has 0 spiro atoms. The van der Waals surface area contributed by atoms with Crippen LogP contribution in [0.2, 0.25) is 5.02 Å². The second-order valence-corrected chi connectivity index (χ2v) is 5.22. The van der Waals surface area contributed by atoms with E-state index in [1.807, 2.05) is 6.92 Å². The largest absolute Gasteiger partial charge is 0.487 e. The average molecular weight is 310 g/mol. The van der Waals surface area contributed by atoms with Gasteiger partial charge in [-0.3, -0.25) is 0 Å². The van der Waals surface area contributed by atoms with Crippen molar-refractivity contribution in [3.05, 3.63) is 63.9 Å². The quantitative estimate of drug-likeness (QED) is 0.867. The van der Waals surface area contributed by atoms with Gasteiger partial charge in [0.2, 0.25) is 0 Å². The molecule has 2 aromatic carbocycles. The first-order chi connectivity index (χ1) is 9.47. The summed E-state index contributed by atoms with van der Waals surface area (Å²) in [6.07, 6.45) is 0. The molecule has 2 aromatic rings. The normalized spacial score (nSPS) is 10.3. The molecule has 20 heavy (non-hydrogen) atoms. The van der Waals surface area contributed by atoms with Gasteiger partial charge in [-0.15, -0.1) is 0 Å². The highest BCUT2D eigenvalue weighted by Gasteiger charge is 2.07. The van der Waals surface area contributed by atoms with Crippen LogP contribution in [0.5, 0.6) is 5.75 Å². The van der Waals surface area contributed by atoms with Crippen LogP contribution in [-0.4, -0.2) is 4.99 Å². The second-order valence-electron chi connectivity index (χ2n) is 4.37. The van der Waals surface area contributed by atoms with Crippen LogP contribution in [-0.2, 0) is 6.61 Å². The lowest BCUT2D eigenvalue weighted by Crippen LogP contribution is -2.09. The first-order valence-electron chi connectivity index (χ1n) is 5.94. The summed E-state index contributed by atoms with van der Waals surface area (Å²) in [5.74, 6) is 0.222. The first kappa shape index (κ1) is 14.8. The third-order valence-electron chi connectivity index (χ3n) is 2.91. The van der Waals surface area contributed by atoms with Crippen LogP contribution in [0.15, 0.2) is 36.4 Å². The van der Waals surface area contributed by atoms with Crippen LogP contribution in [0.25, 0.3) is 0 Å². The van der Waals surface area contributed by atoms with Crippen molar-refractivity contribution < 1.29 is 9.13 Å². The fourth-order valence-electron chi connectivity index (χ4n) is 1.72. The molecule has 0 saturated carbocycles. The summed E-state index contributed by atoms with van der Waals surface area (Å²) >= 11 is 11.0. The molecule has 0 radical (unpaired) electrons. The van der Waals surface area contributed by atoms with E-state index in [1.165, 1.54) is 12.1 Å². The van der Waals surface area contributed by atoms with Gasteiger partial charge in [-0.2, -0.15) is 0 Å². The molecular weight excluding hydrogens is 297 g/mol. The van der Waals surface area contributed by atoms with Crippen LogP contribution in [0.4, 0.5) is 4.39 Å². The Morgan fingerprint density at radius 1 is 1.30 bits per heavy atom. The number of benzene rings is 2. The number of hydrogen-bond donors (Lipinski definition) is 1. The van der Waals surface area contributed by atoms with Gasteiger partial charge < -0.3 is 10.5 Å². The third-order valence-corrected chi connectivity index (χ3v) is 3.44. The molecule has 2 N–H and O–H groups in total. The van der Waals surface area contributed by atoms with Crippen molar-refractivity contribution in [3.8, 4) is 5.75 Å². The van der Waals surface area contributed by atoms with E-state index in [0.29, 0.717) is 16.3 Å². The van der Waals surface area contributed by atoms with E-state index in [-0.39, 0.29) is 17.4 Å². The average Bonchev–Trinajstić information content (AvgIpc) is 2.40. The zero-order valence-electron chi connectivity index (χ0n) is 10.8. The second kappa shape index (κ2) is 6.20. The summed E-state index contributed by atoms with van der Waals surface area (Å²) in [7, 11) is 0. The molecule has 5 heteroatoms. The molecule has 0 bridgehead atoms. The van der Waals surface area contributed by atoms with Crippen LogP contribution in [0, 0.1) is 12.7 Å². The summed E-state index contributed by atoms with van der Waals surface area (Å²) in [6, 6.07) is 9.67. The topological polar surface area (TPSA) is 35.2 Å². The van der Waals surface area contributed by atoms with Crippen molar-refractivity contribution >= 4 is 28.8 Å². The maximum atomic E-state index is 13.2. The molecule has 0 atom stereocenters. The number of nitrogens with two attached hydrogens (primary N) is 1. The van der Waals surface area contributed by atoms with Gasteiger partial charge in [-0.1, -0.05) is 29.9 Å². The Labute approximate surface area is 127 Å². The summed E-state index contributed by atoms with van der Waals surface area (Å²) in [4.78, 5) is 0.277. The van der Waals surface area contributed by atoms with Gasteiger partial charge in [0.05, 0.1) is 5.02 Å². The van der Waals surface area contributed by atoms with Crippen LogP contribution < -0.4 is 10.5 Å². The highest BCUT2D eigenvalue weighted by molar-refractivity contribution is 7.80. The Morgan fingerprint density at radius 2 is 2.05 bits per heavy atom. The fraction of sp³-hybridized carbons (Fsp3) is 0.133. The molecular formula is C15H13ClFNOS. The minimum absolute atomic E-state index is 0.246. The zero-order valence-corrected chi connectivity index (χ0v) is 12.4. The van der Waals surface area contributed by atoms with E-state index < -0.39 is 0 Å². The van der Waals surface area contributed by atoms with Gasteiger partial charge in [0.15, 0.2) is 0 Å². The van der Waals surface area contributed by atoms with Crippen molar-refractivity contribution in [2.45, 2.75) is 13.5 Å². The number of halogens is 2. The van der Waals surface area contributed by atoms with Gasteiger partial charge in [0, 0.05) is 5.56 Å². The molecule has 0 aliphatic heterocycles. The van der Waals surface area contributed by atoms with Gasteiger partial charge in [0.1, 0.15) is 23.2 Å². The van der Waals surface area contributed by atoms with E-state index >= 15 is 0 Å². The fourth-order valence-corrected chi connectivity index (χ4v) is 2.08. The zero-order chi connectivity index (χ0) is 14.7. The molecule has 0 aromatic heterocycles. The Hall–Kier alpha value is -1.65. The maximum Gasteiger partial charge on any atom is 0.138 e. The van der Waals surface area contributed by atoms with E-state index in [4.69, 9.17) is 34.3 Å². The number of hydrogen-bond acceptors (Lipinski definition) is 2. The number of rotatable bonds is 4. The molecule has 0 amide bonds. The minimum Gasteiger partial charge on any atom is -0.487 e. The van der Waals surface area contributed by atoms with E-state index in [9.17, 15) is 4.39 Å². The molecule has 0 aliphatic rings. The predicted octanol–water partition coefficient (Wildman–Crippen LogP) is 4.00. The lowest BCUT2D eigenvalue weighted by Gasteiger charge is -2.11. The van der Waals surface area contributed by atoms with Gasteiger partial charge >= 0.3 is 0 Å². The van der Waals surface area contributed by atoms with Crippen molar-refractivity contribution in [2.75, 3.05) is 0 Å². The van der Waals surface area contributed by atoms with Crippen LogP contribution in [0.1, 0.15) is 16.7 Å². The predicted molar refractivity (Wildman–Crippen MR) is 82.8 cm³/mol. The van der Waals surface area contributed by atoms with Gasteiger partial charge in [-0.25, -0.2) is 4.39 Å². The Morgan fingerprint density at radius 3 is 2.70 bits per heavy atom. The number of thiocarbonyl (C=S) groups is 1. The van der Waals surface area contributed by atoms with Crippen LogP contribution in [0.3, 0.4) is 0 Å². The lowest BCUT2D eigenvalue weighted by atomic mass is 10.1. The standard InChI is InChI=1S/C15H13ClFNOS/c1-9-2-4-12(17)6-11(9)8-19-14-5-3-10(15(18)20)7-13(14)16/h2-7H,8H2,1H3,(H2,18,20). The Bertz CT molecular complexity index is 660. The van der Waals surface area contributed by atoms with Crippen molar-refractivity contribution in [2.24, 2.45) is 5.73 Å². The van der Waals surface area contributed by atoms with Gasteiger partial charge in [-0.05, 0) is 48.4 Å². The van der Waals surface area contributed by atoms with Crippen molar-refractivity contribution in [1.29, 1.82) is 0 Å². The molecule has 2 rings (SSSR count). The maximum absolute atomic E-state index is 13.2. The number of ether oxygens (including phenoxy) is 1. The third kappa shape index (κ3) is 3.46. The van der Waals surface area contributed by atoms with E-state index in [2.05, 4.69) is 0 Å². The van der Waals surface area contributed by atoms with Crippen molar-refractivity contribution in [1.82, 2.24) is 0 Å². The minimum atomic E-state index is -0.288. The number of aryl methyl sites for hydroxylation is 1. The first-order valence-corrected chi connectivity index (χ1v) is 6.73. The molecule has 104 valence electrons. The summed E-state index contributed by atoms with van der Waals surface area (Å²) in [6.45, 7) is 2.14. The molecule has 0 saturated heterocycles. The monoisotopic (exact) mass is 309 g/mol. The molecule has 2 nitrogen and oxygen atoms in total. The highest BCUT2D eigenvalue weighted by Crippen LogP contribution is 2.26. The highest BCUT2D eigenvalue weighted by atomic mass is 35.5. The molecule has 0 fully saturated rings. The van der Waals surface area contributed by atoms with Crippen molar-refractivity contribution in [3.63, 3.8) is 0 Å².